The largest absolute Gasteiger partial charge is 0.391 e. The summed E-state index contributed by atoms with van der Waals surface area (Å²) in [5.74, 6) is 1.05. The van der Waals surface area contributed by atoms with Crippen molar-refractivity contribution in [2.45, 2.75) is 38.3 Å². The Morgan fingerprint density at radius 1 is 1.40 bits per heavy atom. The summed E-state index contributed by atoms with van der Waals surface area (Å²) in [4.78, 5) is 18.6. The van der Waals surface area contributed by atoms with Gasteiger partial charge in [0.25, 0.3) is 0 Å². The van der Waals surface area contributed by atoms with E-state index >= 15 is 0 Å². The summed E-state index contributed by atoms with van der Waals surface area (Å²) >= 11 is 0. The first-order chi connectivity index (χ1) is 12.2. The molecule has 7 nitrogen and oxygen atoms in total. The van der Waals surface area contributed by atoms with E-state index in [-0.39, 0.29) is 18.6 Å². The van der Waals surface area contributed by atoms with Crippen molar-refractivity contribution in [1.82, 2.24) is 20.1 Å². The number of unbranched alkanes of at least 4 members (excludes halogenated alkanes) is 1. The maximum Gasteiger partial charge on any atom is 0.249 e. The third-order valence-electron chi connectivity index (χ3n) is 4.32. The van der Waals surface area contributed by atoms with E-state index in [4.69, 9.17) is 4.74 Å². The molecule has 0 radical (unpaired) electrons. The lowest BCUT2D eigenvalue weighted by atomic mass is 10.2. The lowest BCUT2D eigenvalue weighted by molar-refractivity contribution is -0.137. The van der Waals surface area contributed by atoms with Gasteiger partial charge in [0.2, 0.25) is 5.91 Å². The summed E-state index contributed by atoms with van der Waals surface area (Å²) in [6, 6.07) is 9.34. The zero-order valence-electron chi connectivity index (χ0n) is 14.4. The molecule has 2 aromatic rings. The highest BCUT2D eigenvalue weighted by atomic mass is 16.5. The lowest BCUT2D eigenvalue weighted by Crippen LogP contribution is -2.35. The van der Waals surface area contributed by atoms with Crippen LogP contribution in [0.2, 0.25) is 0 Å². The number of benzene rings is 1. The van der Waals surface area contributed by atoms with E-state index in [1.165, 1.54) is 0 Å². The molecule has 0 saturated carbocycles. The average molecular weight is 344 g/mol. The Balaban J connectivity index is 1.69. The van der Waals surface area contributed by atoms with Crippen molar-refractivity contribution < 1.29 is 14.6 Å². The van der Waals surface area contributed by atoms with Gasteiger partial charge >= 0.3 is 0 Å². The zero-order valence-corrected chi connectivity index (χ0v) is 14.4. The van der Waals surface area contributed by atoms with Crippen LogP contribution in [0.25, 0.3) is 11.4 Å². The maximum atomic E-state index is 12.4. The summed E-state index contributed by atoms with van der Waals surface area (Å²) < 4.78 is 5.42. The van der Waals surface area contributed by atoms with Crippen molar-refractivity contribution in [2.75, 3.05) is 19.8 Å². The highest BCUT2D eigenvalue weighted by molar-refractivity contribution is 5.78. The smallest absolute Gasteiger partial charge is 0.249 e. The fraction of sp³-hybridized carbons (Fsp3) is 0.500. The van der Waals surface area contributed by atoms with E-state index in [0.717, 1.165) is 18.4 Å². The van der Waals surface area contributed by atoms with Gasteiger partial charge < -0.3 is 14.7 Å². The monoisotopic (exact) mass is 344 g/mol. The van der Waals surface area contributed by atoms with Gasteiger partial charge in [-0.1, -0.05) is 43.7 Å². The Morgan fingerprint density at radius 3 is 2.96 bits per heavy atom. The maximum absolute atomic E-state index is 12.4. The molecule has 3 rings (SSSR count). The Labute approximate surface area is 147 Å². The first kappa shape index (κ1) is 17.6. The highest BCUT2D eigenvalue weighted by Crippen LogP contribution is 2.31. The van der Waals surface area contributed by atoms with Crippen molar-refractivity contribution >= 4 is 5.91 Å². The van der Waals surface area contributed by atoms with Crippen molar-refractivity contribution in [1.29, 1.82) is 0 Å². The van der Waals surface area contributed by atoms with Crippen LogP contribution < -0.4 is 0 Å². The van der Waals surface area contributed by atoms with Crippen LogP contribution in [0.15, 0.2) is 30.3 Å². The minimum absolute atomic E-state index is 0.0307. The molecule has 1 fully saturated rings. The van der Waals surface area contributed by atoms with Gasteiger partial charge in [0, 0.05) is 25.1 Å². The van der Waals surface area contributed by atoms with Gasteiger partial charge in [0.15, 0.2) is 5.82 Å². The topological polar surface area (TPSA) is 91.3 Å². The standard InChI is InChI=1S/C18H24N4O3/c1-2-3-9-25-12-16(24)22-11-14(23)10-15(22)18-19-17(20-21-18)13-7-5-4-6-8-13/h4-8,14-15,23H,2-3,9-12H2,1H3,(H,19,20,21)/t14-,15+/m1/s1. The van der Waals surface area contributed by atoms with E-state index in [0.29, 0.717) is 31.2 Å². The summed E-state index contributed by atoms with van der Waals surface area (Å²) in [7, 11) is 0. The number of hydrogen-bond donors (Lipinski definition) is 2. The van der Waals surface area contributed by atoms with E-state index < -0.39 is 6.10 Å². The Kier molecular flexibility index (Phi) is 5.78. The third-order valence-corrected chi connectivity index (χ3v) is 4.32. The normalized spacial score (nSPS) is 20.2. The predicted molar refractivity (Wildman–Crippen MR) is 92.6 cm³/mol. The number of carbonyl (C=O) groups is 1. The fourth-order valence-electron chi connectivity index (χ4n) is 2.98. The van der Waals surface area contributed by atoms with Gasteiger partial charge in [-0.3, -0.25) is 9.89 Å². The molecule has 0 spiro atoms. The first-order valence-corrected chi connectivity index (χ1v) is 8.72. The van der Waals surface area contributed by atoms with Crippen LogP contribution in [0.4, 0.5) is 0 Å². The molecule has 1 amide bonds. The molecule has 0 aliphatic carbocycles. The first-order valence-electron chi connectivity index (χ1n) is 8.72. The number of amides is 1. The second kappa shape index (κ2) is 8.22. The minimum Gasteiger partial charge on any atom is -0.391 e. The van der Waals surface area contributed by atoms with Crippen LogP contribution in [-0.2, 0) is 9.53 Å². The van der Waals surface area contributed by atoms with Crippen LogP contribution in [0.3, 0.4) is 0 Å². The number of ether oxygens (including phenoxy) is 1. The number of aliphatic hydroxyl groups is 1. The summed E-state index contributed by atoms with van der Waals surface area (Å²) in [6.07, 6.45) is 1.85. The van der Waals surface area contributed by atoms with E-state index in [1.807, 2.05) is 30.3 Å². The van der Waals surface area contributed by atoms with Crippen molar-refractivity contribution in [3.8, 4) is 11.4 Å². The molecule has 0 unspecified atom stereocenters. The van der Waals surface area contributed by atoms with Crippen LogP contribution in [0.5, 0.6) is 0 Å². The number of aliphatic hydroxyl groups excluding tert-OH is 1. The molecule has 2 atom stereocenters. The summed E-state index contributed by atoms with van der Waals surface area (Å²) in [5.41, 5.74) is 0.907. The van der Waals surface area contributed by atoms with E-state index in [2.05, 4.69) is 22.1 Å². The van der Waals surface area contributed by atoms with Crippen molar-refractivity contribution in [2.24, 2.45) is 0 Å². The quantitative estimate of drug-likeness (QED) is 0.749. The second-order valence-corrected chi connectivity index (χ2v) is 6.27. The number of β-amino-alcohol motifs (C(OH)–C–C–N with tert-alkyl or cyclic N) is 1. The van der Waals surface area contributed by atoms with E-state index in [1.54, 1.807) is 4.90 Å². The molecule has 25 heavy (non-hydrogen) atoms. The molecular weight excluding hydrogens is 320 g/mol. The van der Waals surface area contributed by atoms with Crippen LogP contribution >= 0.6 is 0 Å². The van der Waals surface area contributed by atoms with Crippen molar-refractivity contribution in [3.63, 3.8) is 0 Å². The van der Waals surface area contributed by atoms with Gasteiger partial charge in [0.05, 0.1) is 12.1 Å². The Bertz CT molecular complexity index is 689. The zero-order chi connectivity index (χ0) is 17.6. The molecule has 0 bridgehead atoms. The number of likely N-dealkylation sites (tertiary alicyclic amines) is 1. The summed E-state index contributed by atoms with van der Waals surface area (Å²) in [5, 5.41) is 17.2. The van der Waals surface area contributed by atoms with Gasteiger partial charge in [-0.15, -0.1) is 0 Å². The SMILES string of the molecule is CCCCOCC(=O)N1C[C@H](O)C[C@H]1c1nc(-c2ccccc2)n[nH]1. The molecule has 2 N–H and O–H groups in total. The molecule has 7 heteroatoms. The molecule has 2 heterocycles. The number of nitrogens with zero attached hydrogens (tertiary/aromatic N) is 3. The number of carbonyl (C=O) groups excluding carboxylic acids is 1. The van der Waals surface area contributed by atoms with Crippen LogP contribution in [0, 0.1) is 0 Å². The number of nitrogens with one attached hydrogen (secondary N) is 1. The van der Waals surface area contributed by atoms with Gasteiger partial charge in [-0.05, 0) is 6.42 Å². The third kappa shape index (κ3) is 4.24. The molecule has 1 aliphatic rings. The second-order valence-electron chi connectivity index (χ2n) is 6.27. The van der Waals surface area contributed by atoms with Crippen LogP contribution in [-0.4, -0.2) is 57.0 Å². The molecule has 1 aliphatic heterocycles. The molecule has 1 aromatic carbocycles. The molecule has 1 aromatic heterocycles. The van der Waals surface area contributed by atoms with E-state index in [9.17, 15) is 9.90 Å². The number of H-pyrrole nitrogens is 1. The molecular formula is C18H24N4O3. The lowest BCUT2D eigenvalue weighted by Gasteiger charge is -2.22. The number of rotatable bonds is 7. The summed E-state index contributed by atoms with van der Waals surface area (Å²) in [6.45, 7) is 2.97. The minimum atomic E-state index is -0.560. The van der Waals surface area contributed by atoms with Crippen LogP contribution in [0.1, 0.15) is 38.1 Å². The van der Waals surface area contributed by atoms with Gasteiger partial charge in [0.1, 0.15) is 12.4 Å². The number of aromatic nitrogens is 3. The predicted octanol–water partition coefficient (Wildman–Crippen LogP) is 1.92. The average Bonchev–Trinajstić information content (AvgIpc) is 3.26. The fourth-order valence-corrected chi connectivity index (χ4v) is 2.98. The molecule has 1 saturated heterocycles. The Hall–Kier alpha value is -2.25. The number of hydrogen-bond acceptors (Lipinski definition) is 5. The molecule has 134 valence electrons. The van der Waals surface area contributed by atoms with Gasteiger partial charge in [-0.25, -0.2) is 4.98 Å². The Morgan fingerprint density at radius 2 is 2.20 bits per heavy atom. The van der Waals surface area contributed by atoms with Crippen molar-refractivity contribution in [3.05, 3.63) is 36.2 Å². The number of aromatic amines is 1. The van der Waals surface area contributed by atoms with Gasteiger partial charge in [-0.2, -0.15) is 5.10 Å². The highest BCUT2D eigenvalue weighted by Gasteiger charge is 2.37.